The Morgan fingerprint density at radius 3 is 2.33 bits per heavy atom. The van der Waals surface area contributed by atoms with Crippen molar-refractivity contribution in [2.24, 2.45) is 0 Å². The zero-order valence-electron chi connectivity index (χ0n) is 10.4. The summed E-state index contributed by atoms with van der Waals surface area (Å²) >= 11 is 3.23. The average Bonchev–Trinajstić information content (AvgIpc) is 2.41. The van der Waals surface area contributed by atoms with Gasteiger partial charge in [-0.25, -0.2) is 0 Å². The van der Waals surface area contributed by atoms with E-state index in [1.54, 1.807) is 24.3 Å². The summed E-state index contributed by atoms with van der Waals surface area (Å²) < 4.78 is 43.9. The lowest BCUT2D eigenvalue weighted by Gasteiger charge is -2.12. The van der Waals surface area contributed by atoms with E-state index in [1.165, 1.54) is 0 Å². The number of nitriles is 1. The van der Waals surface area contributed by atoms with E-state index in [9.17, 15) is 13.2 Å². The van der Waals surface area contributed by atoms with Gasteiger partial charge in [0.05, 0.1) is 16.8 Å². The third-order valence-electron chi connectivity index (χ3n) is 2.62. The molecule has 0 saturated carbocycles. The minimum Gasteiger partial charge on any atom is -0.454 e. The fourth-order valence-electron chi connectivity index (χ4n) is 1.61. The molecule has 2 N–H and O–H groups in total. The molecular weight excluding hydrogens is 349 g/mol. The van der Waals surface area contributed by atoms with Crippen molar-refractivity contribution in [1.29, 1.82) is 5.26 Å². The predicted molar refractivity (Wildman–Crippen MR) is 74.8 cm³/mol. The summed E-state index contributed by atoms with van der Waals surface area (Å²) in [6.45, 7) is 0. The molecule has 2 rings (SSSR count). The molecule has 7 heteroatoms. The smallest absolute Gasteiger partial charge is 0.416 e. The van der Waals surface area contributed by atoms with Gasteiger partial charge in [0, 0.05) is 4.47 Å². The second-order valence-electron chi connectivity index (χ2n) is 4.10. The zero-order chi connectivity index (χ0) is 15.6. The molecule has 0 fully saturated rings. The standard InChI is InChI=1S/C14H8BrF3N2O/c15-10-2-4-13(11(20)6-10)21-12-3-1-9(14(16,17)18)5-8(12)7-19/h1-6H,20H2. The van der Waals surface area contributed by atoms with Crippen molar-refractivity contribution in [3.63, 3.8) is 0 Å². The molecule has 0 saturated heterocycles. The molecule has 0 bridgehead atoms. The van der Waals surface area contributed by atoms with Gasteiger partial charge in [-0.15, -0.1) is 0 Å². The van der Waals surface area contributed by atoms with Gasteiger partial charge >= 0.3 is 6.18 Å². The normalized spacial score (nSPS) is 11.0. The lowest BCUT2D eigenvalue weighted by Crippen LogP contribution is -2.05. The molecule has 0 heterocycles. The van der Waals surface area contributed by atoms with Crippen molar-refractivity contribution >= 4 is 21.6 Å². The van der Waals surface area contributed by atoms with Crippen LogP contribution in [0.15, 0.2) is 40.9 Å². The van der Waals surface area contributed by atoms with Crippen molar-refractivity contribution in [2.45, 2.75) is 6.18 Å². The Hall–Kier alpha value is -2.20. The highest BCUT2D eigenvalue weighted by atomic mass is 79.9. The highest BCUT2D eigenvalue weighted by Gasteiger charge is 2.31. The first kappa shape index (κ1) is 15.2. The minimum absolute atomic E-state index is 0.0134. The van der Waals surface area contributed by atoms with Crippen LogP contribution in [0, 0.1) is 11.3 Å². The Morgan fingerprint density at radius 1 is 1.10 bits per heavy atom. The van der Waals surface area contributed by atoms with E-state index in [-0.39, 0.29) is 17.1 Å². The highest BCUT2D eigenvalue weighted by Crippen LogP contribution is 2.35. The van der Waals surface area contributed by atoms with Crippen LogP contribution >= 0.6 is 15.9 Å². The number of nitrogens with zero attached hydrogens (tertiary/aromatic N) is 1. The second-order valence-corrected chi connectivity index (χ2v) is 5.02. The summed E-state index contributed by atoms with van der Waals surface area (Å²) in [6.07, 6.45) is -4.51. The Morgan fingerprint density at radius 2 is 1.76 bits per heavy atom. The van der Waals surface area contributed by atoms with Crippen LogP contribution in [0.3, 0.4) is 0 Å². The maximum absolute atomic E-state index is 12.6. The van der Waals surface area contributed by atoms with Crippen LogP contribution < -0.4 is 10.5 Å². The molecule has 3 nitrogen and oxygen atoms in total. The Balaban J connectivity index is 2.39. The number of nitrogen functional groups attached to an aromatic ring is 1. The van der Waals surface area contributed by atoms with Crippen molar-refractivity contribution in [3.05, 3.63) is 52.0 Å². The maximum atomic E-state index is 12.6. The molecule has 108 valence electrons. The highest BCUT2D eigenvalue weighted by molar-refractivity contribution is 9.10. The number of rotatable bonds is 2. The van der Waals surface area contributed by atoms with E-state index in [1.807, 2.05) is 0 Å². The molecule has 0 atom stereocenters. The molecule has 0 aromatic heterocycles. The molecular formula is C14H8BrF3N2O. The number of anilines is 1. The summed E-state index contributed by atoms with van der Waals surface area (Å²) in [5.41, 5.74) is 4.92. The summed E-state index contributed by atoms with van der Waals surface area (Å²) in [6, 6.07) is 9.19. The molecule has 0 amide bonds. The van der Waals surface area contributed by atoms with Crippen molar-refractivity contribution < 1.29 is 17.9 Å². The van der Waals surface area contributed by atoms with Crippen molar-refractivity contribution in [2.75, 3.05) is 5.73 Å². The number of ether oxygens (including phenoxy) is 1. The summed E-state index contributed by atoms with van der Waals surface area (Å²) in [5, 5.41) is 8.96. The van der Waals surface area contributed by atoms with E-state index in [2.05, 4.69) is 15.9 Å². The molecule has 0 unspecified atom stereocenters. The van der Waals surface area contributed by atoms with E-state index in [0.29, 0.717) is 5.69 Å². The van der Waals surface area contributed by atoms with Crippen molar-refractivity contribution in [3.8, 4) is 17.6 Å². The first-order valence-corrected chi connectivity index (χ1v) is 6.45. The van der Waals surface area contributed by atoms with E-state index < -0.39 is 11.7 Å². The molecule has 0 radical (unpaired) electrons. The van der Waals surface area contributed by atoms with Crippen LogP contribution in [0.1, 0.15) is 11.1 Å². The van der Waals surface area contributed by atoms with Gasteiger partial charge in [0.2, 0.25) is 0 Å². The largest absolute Gasteiger partial charge is 0.454 e. The summed E-state index contributed by atoms with van der Waals surface area (Å²) in [4.78, 5) is 0. The van der Waals surface area contributed by atoms with Crippen LogP contribution in [-0.4, -0.2) is 0 Å². The van der Waals surface area contributed by atoms with Gasteiger partial charge in [-0.1, -0.05) is 15.9 Å². The van der Waals surface area contributed by atoms with Crippen LogP contribution in [0.4, 0.5) is 18.9 Å². The van der Waals surface area contributed by atoms with Gasteiger partial charge in [-0.2, -0.15) is 18.4 Å². The number of hydrogen-bond donors (Lipinski definition) is 1. The van der Waals surface area contributed by atoms with Gasteiger partial charge in [0.15, 0.2) is 0 Å². The van der Waals surface area contributed by atoms with Crippen LogP contribution in [0.5, 0.6) is 11.5 Å². The lowest BCUT2D eigenvalue weighted by molar-refractivity contribution is -0.137. The quantitative estimate of drug-likeness (QED) is 0.792. The molecule has 0 aliphatic rings. The molecule has 0 spiro atoms. The number of halogens is 4. The molecule has 0 aliphatic carbocycles. The van der Waals surface area contributed by atoms with Gasteiger partial charge < -0.3 is 10.5 Å². The van der Waals surface area contributed by atoms with Gasteiger partial charge in [-0.05, 0) is 36.4 Å². The summed E-state index contributed by atoms with van der Waals surface area (Å²) in [7, 11) is 0. The molecule has 0 aliphatic heterocycles. The first-order chi connectivity index (χ1) is 9.81. The average molecular weight is 357 g/mol. The van der Waals surface area contributed by atoms with Crippen LogP contribution in [-0.2, 0) is 6.18 Å². The first-order valence-electron chi connectivity index (χ1n) is 5.65. The molecule has 2 aromatic rings. The monoisotopic (exact) mass is 356 g/mol. The minimum atomic E-state index is -4.51. The second kappa shape index (κ2) is 5.66. The third-order valence-corrected chi connectivity index (χ3v) is 3.11. The fourth-order valence-corrected chi connectivity index (χ4v) is 1.99. The number of nitrogens with two attached hydrogens (primary N) is 1. The molecule has 2 aromatic carbocycles. The van der Waals surface area contributed by atoms with E-state index in [4.69, 9.17) is 15.7 Å². The van der Waals surface area contributed by atoms with E-state index in [0.717, 1.165) is 22.7 Å². The zero-order valence-corrected chi connectivity index (χ0v) is 12.0. The Kier molecular flexibility index (Phi) is 4.09. The summed E-state index contributed by atoms with van der Waals surface area (Å²) in [5.74, 6) is 0.272. The van der Waals surface area contributed by atoms with Gasteiger partial charge in [-0.3, -0.25) is 0 Å². The van der Waals surface area contributed by atoms with Gasteiger partial charge in [0.1, 0.15) is 17.6 Å². The predicted octanol–water partition coefficient (Wildman–Crippen LogP) is 4.71. The van der Waals surface area contributed by atoms with Crippen LogP contribution in [0.25, 0.3) is 0 Å². The van der Waals surface area contributed by atoms with E-state index >= 15 is 0 Å². The SMILES string of the molecule is N#Cc1cc(C(F)(F)F)ccc1Oc1ccc(Br)cc1N. The van der Waals surface area contributed by atoms with Crippen molar-refractivity contribution in [1.82, 2.24) is 0 Å². The Labute approximate surface area is 126 Å². The number of benzene rings is 2. The van der Waals surface area contributed by atoms with Crippen LogP contribution in [0.2, 0.25) is 0 Å². The molecule has 21 heavy (non-hydrogen) atoms. The topological polar surface area (TPSA) is 59.0 Å². The third kappa shape index (κ3) is 3.47. The lowest BCUT2D eigenvalue weighted by atomic mass is 10.1. The number of alkyl halides is 3. The maximum Gasteiger partial charge on any atom is 0.416 e. The number of hydrogen-bond acceptors (Lipinski definition) is 3. The fraction of sp³-hybridized carbons (Fsp3) is 0.0714. The Bertz CT molecular complexity index is 723. The van der Waals surface area contributed by atoms with Gasteiger partial charge in [0.25, 0.3) is 0 Å².